The molecule has 0 N–H and O–H groups in total. The second kappa shape index (κ2) is 4.34. The lowest BCUT2D eigenvalue weighted by Crippen LogP contribution is -2.39. The molecule has 2 fully saturated rings. The minimum absolute atomic E-state index is 0.179. The van der Waals surface area contributed by atoms with Crippen LogP contribution in [-0.2, 0) is 14.3 Å². The number of hydrogen-bond donors (Lipinski definition) is 0. The van der Waals surface area contributed by atoms with Crippen molar-refractivity contribution in [2.24, 2.45) is 0 Å². The van der Waals surface area contributed by atoms with Crippen molar-refractivity contribution in [3.05, 3.63) is 0 Å². The summed E-state index contributed by atoms with van der Waals surface area (Å²) in [4.78, 5) is 13.8. The molecule has 0 radical (unpaired) electrons. The predicted molar refractivity (Wildman–Crippen MR) is 60.2 cm³/mol. The molecule has 16 heavy (non-hydrogen) atoms. The number of nitrogens with zero attached hydrogens (tertiary/aromatic N) is 1. The van der Waals surface area contributed by atoms with Crippen molar-refractivity contribution in [2.75, 3.05) is 20.7 Å². The van der Waals surface area contributed by atoms with Gasteiger partial charge in [-0.2, -0.15) is 0 Å². The fourth-order valence-electron chi connectivity index (χ4n) is 2.71. The van der Waals surface area contributed by atoms with Crippen LogP contribution in [0.3, 0.4) is 0 Å². The van der Waals surface area contributed by atoms with Crippen LogP contribution in [0.2, 0.25) is 0 Å². The SMILES string of the molecule is CCOC(=O)C1OC12CCCC(N(C)C)C2. The Bertz CT molecular complexity index is 279. The van der Waals surface area contributed by atoms with E-state index in [-0.39, 0.29) is 17.7 Å². The molecule has 2 rings (SSSR count). The third-order valence-corrected chi connectivity index (χ3v) is 3.72. The first-order valence-electron chi connectivity index (χ1n) is 6.10. The number of rotatable bonds is 3. The van der Waals surface area contributed by atoms with E-state index in [9.17, 15) is 4.79 Å². The van der Waals surface area contributed by atoms with Gasteiger partial charge >= 0.3 is 5.97 Å². The third kappa shape index (κ3) is 2.09. The van der Waals surface area contributed by atoms with E-state index < -0.39 is 0 Å². The van der Waals surface area contributed by atoms with Gasteiger partial charge in [0, 0.05) is 6.04 Å². The van der Waals surface area contributed by atoms with E-state index in [2.05, 4.69) is 19.0 Å². The highest BCUT2D eigenvalue weighted by molar-refractivity contribution is 5.79. The molecule has 0 aromatic carbocycles. The maximum absolute atomic E-state index is 11.6. The molecule has 92 valence electrons. The Kier molecular flexibility index (Phi) is 3.22. The third-order valence-electron chi connectivity index (χ3n) is 3.72. The molecule has 3 unspecified atom stereocenters. The van der Waals surface area contributed by atoms with Crippen molar-refractivity contribution < 1.29 is 14.3 Å². The first-order valence-corrected chi connectivity index (χ1v) is 6.10. The maximum atomic E-state index is 11.6. The van der Waals surface area contributed by atoms with E-state index in [4.69, 9.17) is 9.47 Å². The van der Waals surface area contributed by atoms with Crippen molar-refractivity contribution in [3.63, 3.8) is 0 Å². The van der Waals surface area contributed by atoms with Gasteiger partial charge in [0.1, 0.15) is 5.60 Å². The first kappa shape index (κ1) is 11.9. The summed E-state index contributed by atoms with van der Waals surface area (Å²) in [5.74, 6) is -0.179. The van der Waals surface area contributed by atoms with Gasteiger partial charge in [-0.05, 0) is 46.7 Å². The van der Waals surface area contributed by atoms with Crippen LogP contribution in [0.5, 0.6) is 0 Å². The van der Waals surface area contributed by atoms with Crippen LogP contribution in [0.4, 0.5) is 0 Å². The zero-order chi connectivity index (χ0) is 11.8. The Morgan fingerprint density at radius 3 is 2.94 bits per heavy atom. The summed E-state index contributed by atoms with van der Waals surface area (Å²) >= 11 is 0. The number of ether oxygens (including phenoxy) is 2. The molecule has 4 heteroatoms. The second-order valence-corrected chi connectivity index (χ2v) is 5.03. The number of hydrogen-bond acceptors (Lipinski definition) is 4. The van der Waals surface area contributed by atoms with Crippen LogP contribution in [0.1, 0.15) is 32.6 Å². The zero-order valence-electron chi connectivity index (χ0n) is 10.4. The van der Waals surface area contributed by atoms with Gasteiger partial charge in [0.25, 0.3) is 0 Å². The molecule has 3 atom stereocenters. The van der Waals surface area contributed by atoms with Crippen molar-refractivity contribution >= 4 is 5.97 Å². The molecular formula is C12H21NO3. The molecular weight excluding hydrogens is 206 g/mol. The van der Waals surface area contributed by atoms with Crippen LogP contribution in [0.25, 0.3) is 0 Å². The summed E-state index contributed by atoms with van der Waals surface area (Å²) in [7, 11) is 4.18. The largest absolute Gasteiger partial charge is 0.464 e. The second-order valence-electron chi connectivity index (χ2n) is 5.03. The van der Waals surface area contributed by atoms with Gasteiger partial charge in [-0.3, -0.25) is 0 Å². The molecule has 1 saturated heterocycles. The number of carbonyl (C=O) groups is 1. The van der Waals surface area contributed by atoms with Gasteiger partial charge in [-0.25, -0.2) is 4.79 Å². The van der Waals surface area contributed by atoms with Gasteiger partial charge in [0.15, 0.2) is 6.10 Å². The Morgan fingerprint density at radius 1 is 1.56 bits per heavy atom. The molecule has 0 aromatic heterocycles. The van der Waals surface area contributed by atoms with Crippen LogP contribution < -0.4 is 0 Å². The number of carbonyl (C=O) groups excluding carboxylic acids is 1. The maximum Gasteiger partial charge on any atom is 0.338 e. The average molecular weight is 227 g/mol. The molecule has 2 aliphatic rings. The first-order chi connectivity index (χ1) is 7.59. The molecule has 0 bridgehead atoms. The van der Waals surface area contributed by atoms with Crippen LogP contribution in [0, 0.1) is 0 Å². The summed E-state index contributed by atoms with van der Waals surface area (Å²) in [6.07, 6.45) is 4.01. The quantitative estimate of drug-likeness (QED) is 0.536. The minimum atomic E-state index is -0.296. The van der Waals surface area contributed by atoms with Crippen LogP contribution >= 0.6 is 0 Å². The van der Waals surface area contributed by atoms with E-state index >= 15 is 0 Å². The molecule has 1 saturated carbocycles. The lowest BCUT2D eigenvalue weighted by molar-refractivity contribution is -0.144. The Labute approximate surface area is 96.9 Å². The smallest absolute Gasteiger partial charge is 0.338 e. The average Bonchev–Trinajstić information content (AvgIpc) is 2.92. The highest BCUT2D eigenvalue weighted by atomic mass is 16.7. The standard InChI is InChI=1S/C12H21NO3/c1-4-15-11(14)10-12(16-10)7-5-6-9(8-12)13(2)3/h9-10H,4-8H2,1-3H3. The van der Waals surface area contributed by atoms with Crippen LogP contribution in [0.15, 0.2) is 0 Å². The van der Waals surface area contributed by atoms with Crippen molar-refractivity contribution in [2.45, 2.75) is 50.4 Å². The lowest BCUT2D eigenvalue weighted by Gasteiger charge is -2.31. The topological polar surface area (TPSA) is 42.1 Å². The van der Waals surface area contributed by atoms with E-state index in [1.807, 2.05) is 6.92 Å². The predicted octanol–water partition coefficient (Wildman–Crippen LogP) is 1.19. The van der Waals surface area contributed by atoms with Gasteiger partial charge in [-0.15, -0.1) is 0 Å². The van der Waals surface area contributed by atoms with E-state index in [0.29, 0.717) is 12.6 Å². The molecule has 1 aliphatic heterocycles. The molecule has 1 spiro atoms. The summed E-state index contributed by atoms with van der Waals surface area (Å²) in [5, 5.41) is 0. The Balaban J connectivity index is 1.93. The van der Waals surface area contributed by atoms with Gasteiger partial charge in [0.2, 0.25) is 0 Å². The molecule has 0 amide bonds. The van der Waals surface area contributed by atoms with Gasteiger partial charge < -0.3 is 14.4 Å². The van der Waals surface area contributed by atoms with Crippen molar-refractivity contribution in [1.82, 2.24) is 4.90 Å². The van der Waals surface area contributed by atoms with E-state index in [0.717, 1.165) is 19.3 Å². The van der Waals surface area contributed by atoms with Gasteiger partial charge in [0.05, 0.1) is 6.61 Å². The van der Waals surface area contributed by atoms with Crippen molar-refractivity contribution in [3.8, 4) is 0 Å². The highest BCUT2D eigenvalue weighted by Gasteiger charge is 2.62. The summed E-state index contributed by atoms with van der Waals surface area (Å²) < 4.78 is 10.7. The Hall–Kier alpha value is -0.610. The van der Waals surface area contributed by atoms with E-state index in [1.165, 1.54) is 6.42 Å². The van der Waals surface area contributed by atoms with Crippen molar-refractivity contribution in [1.29, 1.82) is 0 Å². The zero-order valence-corrected chi connectivity index (χ0v) is 10.4. The monoisotopic (exact) mass is 227 g/mol. The molecule has 0 aromatic rings. The van der Waals surface area contributed by atoms with E-state index in [1.54, 1.807) is 0 Å². The normalized spacial score (nSPS) is 37.8. The molecule has 1 heterocycles. The molecule has 1 aliphatic carbocycles. The number of epoxide rings is 1. The molecule has 4 nitrogen and oxygen atoms in total. The Morgan fingerprint density at radius 2 is 2.31 bits per heavy atom. The number of esters is 1. The summed E-state index contributed by atoms with van der Waals surface area (Å²) in [5.41, 5.74) is -0.195. The van der Waals surface area contributed by atoms with Crippen LogP contribution in [-0.4, -0.2) is 49.3 Å². The fraction of sp³-hybridized carbons (Fsp3) is 0.917. The fourth-order valence-corrected chi connectivity index (χ4v) is 2.71. The lowest BCUT2D eigenvalue weighted by atomic mass is 9.82. The van der Waals surface area contributed by atoms with Gasteiger partial charge in [-0.1, -0.05) is 0 Å². The highest BCUT2D eigenvalue weighted by Crippen LogP contribution is 2.49. The summed E-state index contributed by atoms with van der Waals surface area (Å²) in [6, 6.07) is 0.535. The minimum Gasteiger partial charge on any atom is -0.464 e. The summed E-state index contributed by atoms with van der Waals surface area (Å²) in [6.45, 7) is 2.27.